The highest BCUT2D eigenvalue weighted by molar-refractivity contribution is 7.89. The van der Waals surface area contributed by atoms with Crippen molar-refractivity contribution >= 4 is 32.5 Å². The number of rotatable bonds is 7. The Kier molecular flexibility index (Phi) is 5.66. The number of nitrogens with two attached hydrogens (primary N) is 1. The van der Waals surface area contributed by atoms with E-state index in [1.807, 2.05) is 0 Å². The minimum Gasteiger partial charge on any atom is -0.478 e. The second kappa shape index (κ2) is 6.82. The molecule has 0 fully saturated rings. The van der Waals surface area contributed by atoms with E-state index < -0.39 is 26.8 Å². The van der Waals surface area contributed by atoms with Crippen molar-refractivity contribution in [2.24, 2.45) is 0 Å². The third-order valence-corrected chi connectivity index (χ3v) is 4.81. The van der Waals surface area contributed by atoms with Gasteiger partial charge in [-0.15, -0.1) is 0 Å². The van der Waals surface area contributed by atoms with Crippen LogP contribution in [0.2, 0.25) is 0 Å². The molecule has 0 aromatic heterocycles. The summed E-state index contributed by atoms with van der Waals surface area (Å²) >= 11 is 0. The van der Waals surface area contributed by atoms with Crippen molar-refractivity contribution in [3.63, 3.8) is 0 Å². The van der Waals surface area contributed by atoms with Crippen LogP contribution in [0.3, 0.4) is 0 Å². The molecular formula is C11H16N2O5S2. The van der Waals surface area contributed by atoms with Crippen LogP contribution in [0.1, 0.15) is 16.8 Å². The van der Waals surface area contributed by atoms with Crippen molar-refractivity contribution in [2.45, 2.75) is 11.3 Å². The van der Waals surface area contributed by atoms with Gasteiger partial charge in [0.05, 0.1) is 10.5 Å². The maximum atomic E-state index is 12.0. The van der Waals surface area contributed by atoms with Gasteiger partial charge in [-0.3, -0.25) is 4.21 Å². The van der Waals surface area contributed by atoms with Crippen LogP contribution in [-0.2, 0) is 20.8 Å². The number of hydrogen-bond acceptors (Lipinski definition) is 5. The van der Waals surface area contributed by atoms with Crippen LogP contribution in [0, 0.1) is 0 Å². The van der Waals surface area contributed by atoms with Crippen LogP contribution in [0.4, 0.5) is 5.69 Å². The highest BCUT2D eigenvalue weighted by atomic mass is 32.2. The van der Waals surface area contributed by atoms with E-state index in [1.165, 1.54) is 12.3 Å². The number of benzene rings is 1. The molecule has 0 saturated heterocycles. The molecule has 0 saturated carbocycles. The van der Waals surface area contributed by atoms with E-state index in [4.69, 9.17) is 10.8 Å². The zero-order valence-corrected chi connectivity index (χ0v) is 12.5. The fraction of sp³-hybridized carbons (Fsp3) is 0.364. The molecule has 0 spiro atoms. The first kappa shape index (κ1) is 16.6. The van der Waals surface area contributed by atoms with Crippen LogP contribution in [0.5, 0.6) is 0 Å². The van der Waals surface area contributed by atoms with E-state index in [0.717, 1.165) is 12.1 Å². The SMILES string of the molecule is CS(=O)CCCNS(=O)(=O)c1ccc(N)cc1C(=O)O. The number of sulfonamides is 1. The molecule has 20 heavy (non-hydrogen) atoms. The Morgan fingerprint density at radius 1 is 1.45 bits per heavy atom. The first-order chi connectivity index (χ1) is 9.24. The third kappa shape index (κ3) is 4.58. The lowest BCUT2D eigenvalue weighted by atomic mass is 10.2. The Hall–Kier alpha value is -1.45. The molecule has 0 aliphatic rings. The molecule has 0 aliphatic carbocycles. The molecule has 4 N–H and O–H groups in total. The summed E-state index contributed by atoms with van der Waals surface area (Å²) in [7, 11) is -4.93. The lowest BCUT2D eigenvalue weighted by Crippen LogP contribution is -2.27. The standard InChI is InChI=1S/C11H16N2O5S2/c1-19(16)6-2-5-13-20(17,18)10-4-3-8(12)7-9(10)11(14)15/h3-4,7,13H,2,5-6,12H2,1H3,(H,14,15). The lowest BCUT2D eigenvalue weighted by molar-refractivity contribution is 0.0692. The predicted molar refractivity (Wildman–Crippen MR) is 76.6 cm³/mol. The number of nitrogens with one attached hydrogen (secondary N) is 1. The Balaban J connectivity index is 2.92. The van der Waals surface area contributed by atoms with E-state index in [1.54, 1.807) is 0 Å². The van der Waals surface area contributed by atoms with E-state index in [-0.39, 0.29) is 22.7 Å². The van der Waals surface area contributed by atoms with Gasteiger partial charge in [0, 0.05) is 35.0 Å². The first-order valence-electron chi connectivity index (χ1n) is 5.66. The summed E-state index contributed by atoms with van der Waals surface area (Å²) in [4.78, 5) is 10.7. The zero-order chi connectivity index (χ0) is 15.3. The van der Waals surface area contributed by atoms with Crippen molar-refractivity contribution in [2.75, 3.05) is 24.3 Å². The molecule has 0 aliphatic heterocycles. The van der Waals surface area contributed by atoms with Gasteiger partial charge in [-0.25, -0.2) is 17.9 Å². The first-order valence-corrected chi connectivity index (χ1v) is 8.87. The molecule has 1 atom stereocenters. The third-order valence-electron chi connectivity index (χ3n) is 2.42. The maximum absolute atomic E-state index is 12.0. The predicted octanol–water partition coefficient (Wildman–Crippen LogP) is 0.0139. The number of carboxylic acid groups (broad SMARTS) is 1. The van der Waals surface area contributed by atoms with Gasteiger partial charge in [0.1, 0.15) is 0 Å². The van der Waals surface area contributed by atoms with E-state index in [0.29, 0.717) is 12.2 Å². The Morgan fingerprint density at radius 3 is 2.65 bits per heavy atom. The fourth-order valence-electron chi connectivity index (χ4n) is 1.51. The summed E-state index contributed by atoms with van der Waals surface area (Å²) in [6.07, 6.45) is 1.93. The van der Waals surface area contributed by atoms with Crippen LogP contribution >= 0.6 is 0 Å². The molecule has 1 rings (SSSR count). The van der Waals surface area contributed by atoms with Crippen LogP contribution in [0.25, 0.3) is 0 Å². The van der Waals surface area contributed by atoms with Crippen LogP contribution in [0.15, 0.2) is 23.1 Å². The molecular weight excluding hydrogens is 304 g/mol. The van der Waals surface area contributed by atoms with Crippen LogP contribution < -0.4 is 10.5 Å². The molecule has 9 heteroatoms. The summed E-state index contributed by atoms with van der Waals surface area (Å²) in [5.41, 5.74) is 5.24. The quantitative estimate of drug-likeness (QED) is 0.480. The van der Waals surface area contributed by atoms with Gasteiger partial charge in [0.2, 0.25) is 10.0 Å². The number of aromatic carboxylic acids is 1. The molecule has 112 valence electrons. The normalized spacial score (nSPS) is 13.1. The van der Waals surface area contributed by atoms with Crippen LogP contribution in [-0.4, -0.2) is 42.3 Å². The van der Waals surface area contributed by atoms with Gasteiger partial charge in [0.15, 0.2) is 0 Å². The Morgan fingerprint density at radius 2 is 2.10 bits per heavy atom. The lowest BCUT2D eigenvalue weighted by Gasteiger charge is -2.09. The number of nitrogen functional groups attached to an aromatic ring is 1. The van der Waals surface area contributed by atoms with Crippen molar-refractivity contribution < 1.29 is 22.5 Å². The van der Waals surface area contributed by atoms with E-state index in [9.17, 15) is 17.4 Å². The van der Waals surface area contributed by atoms with E-state index >= 15 is 0 Å². The van der Waals surface area contributed by atoms with Crippen molar-refractivity contribution in [1.82, 2.24) is 4.72 Å². The van der Waals surface area contributed by atoms with Crippen molar-refractivity contribution in [3.05, 3.63) is 23.8 Å². The van der Waals surface area contributed by atoms with Gasteiger partial charge in [0.25, 0.3) is 0 Å². The molecule has 0 heterocycles. The molecule has 1 aromatic carbocycles. The number of hydrogen-bond donors (Lipinski definition) is 3. The summed E-state index contributed by atoms with van der Waals surface area (Å²) < 4.78 is 37.2. The van der Waals surface area contributed by atoms with Crippen molar-refractivity contribution in [3.8, 4) is 0 Å². The monoisotopic (exact) mass is 320 g/mol. The number of carbonyl (C=O) groups is 1. The molecule has 1 unspecified atom stereocenters. The summed E-state index contributed by atoms with van der Waals surface area (Å²) in [6.45, 7) is 0.0886. The number of anilines is 1. The largest absolute Gasteiger partial charge is 0.478 e. The Labute approximate surface area is 119 Å². The van der Waals surface area contributed by atoms with Gasteiger partial charge in [-0.2, -0.15) is 0 Å². The summed E-state index contributed by atoms with van der Waals surface area (Å²) in [5.74, 6) is -0.997. The van der Waals surface area contributed by atoms with Gasteiger partial charge in [-0.05, 0) is 24.6 Å². The van der Waals surface area contributed by atoms with Crippen molar-refractivity contribution in [1.29, 1.82) is 0 Å². The minimum absolute atomic E-state index is 0.0886. The zero-order valence-electron chi connectivity index (χ0n) is 10.8. The average Bonchev–Trinajstić information content (AvgIpc) is 2.34. The molecule has 0 amide bonds. The maximum Gasteiger partial charge on any atom is 0.337 e. The highest BCUT2D eigenvalue weighted by Crippen LogP contribution is 2.18. The second-order valence-corrected chi connectivity index (χ2v) is 7.38. The highest BCUT2D eigenvalue weighted by Gasteiger charge is 2.22. The smallest absolute Gasteiger partial charge is 0.337 e. The summed E-state index contributed by atoms with van der Waals surface area (Å²) in [6, 6.07) is 3.57. The number of carboxylic acids is 1. The van der Waals surface area contributed by atoms with Gasteiger partial charge >= 0.3 is 5.97 Å². The fourth-order valence-corrected chi connectivity index (χ4v) is 3.31. The van der Waals surface area contributed by atoms with Gasteiger partial charge in [-0.1, -0.05) is 0 Å². The molecule has 0 bridgehead atoms. The Bertz CT molecular complexity index is 628. The average molecular weight is 320 g/mol. The molecule has 0 radical (unpaired) electrons. The van der Waals surface area contributed by atoms with E-state index in [2.05, 4.69) is 4.72 Å². The molecule has 1 aromatic rings. The molecule has 7 nitrogen and oxygen atoms in total. The summed E-state index contributed by atoms with van der Waals surface area (Å²) in [5, 5.41) is 9.01. The second-order valence-electron chi connectivity index (χ2n) is 4.09. The topological polar surface area (TPSA) is 127 Å². The minimum atomic E-state index is -3.94. The van der Waals surface area contributed by atoms with Gasteiger partial charge < -0.3 is 10.8 Å².